The van der Waals surface area contributed by atoms with Gasteiger partial charge in [0, 0.05) is 11.3 Å². The molecule has 20 heavy (non-hydrogen) atoms. The average molecular weight is 312 g/mol. The topological polar surface area (TPSA) is 69.4 Å². The molecule has 2 aromatic rings. The summed E-state index contributed by atoms with van der Waals surface area (Å²) in [6.07, 6.45) is 0. The van der Waals surface area contributed by atoms with Gasteiger partial charge in [-0.05, 0) is 30.3 Å². The van der Waals surface area contributed by atoms with Gasteiger partial charge in [0.25, 0.3) is 0 Å². The molecule has 2 N–H and O–H groups in total. The number of anilines is 1. The largest absolute Gasteiger partial charge is 0.496 e. The van der Waals surface area contributed by atoms with Crippen LogP contribution in [0.2, 0.25) is 5.02 Å². The number of methoxy groups -OCH3 is 1. The lowest BCUT2D eigenvalue weighted by Gasteiger charge is -2.11. The summed E-state index contributed by atoms with van der Waals surface area (Å²) in [5, 5.41) is 0.204. The van der Waals surface area contributed by atoms with E-state index in [2.05, 4.69) is 0 Å². The molecule has 0 spiro atoms. The van der Waals surface area contributed by atoms with Crippen molar-refractivity contribution >= 4 is 27.1 Å². The molecule has 0 fully saturated rings. The summed E-state index contributed by atoms with van der Waals surface area (Å²) in [6, 6.07) is 11.2. The molecule has 0 aromatic heterocycles. The monoisotopic (exact) mass is 311 g/mol. The lowest BCUT2D eigenvalue weighted by Crippen LogP contribution is -2.07. The summed E-state index contributed by atoms with van der Waals surface area (Å²) in [7, 11) is -2.08. The van der Waals surface area contributed by atoms with E-state index in [-0.39, 0.29) is 15.7 Å². The van der Waals surface area contributed by atoms with Gasteiger partial charge in [-0.25, -0.2) is 8.42 Å². The van der Waals surface area contributed by atoms with E-state index in [0.29, 0.717) is 17.0 Å². The molecule has 0 bridgehead atoms. The van der Waals surface area contributed by atoms with Crippen LogP contribution in [-0.4, -0.2) is 15.5 Å². The first-order valence-corrected chi connectivity index (χ1v) is 7.87. The highest BCUT2D eigenvalue weighted by atomic mass is 35.5. The van der Waals surface area contributed by atoms with Gasteiger partial charge in [-0.3, -0.25) is 0 Å². The number of halogens is 1. The molecule has 0 aliphatic rings. The van der Waals surface area contributed by atoms with Crippen LogP contribution in [0.25, 0.3) is 0 Å². The SMILES string of the molecule is COc1ccc(N)cc1CS(=O)(=O)c1ccccc1Cl. The first-order chi connectivity index (χ1) is 9.44. The van der Waals surface area contributed by atoms with E-state index in [0.717, 1.165) is 0 Å². The fourth-order valence-corrected chi connectivity index (χ4v) is 3.82. The van der Waals surface area contributed by atoms with Crippen molar-refractivity contribution in [3.05, 3.63) is 53.1 Å². The summed E-state index contributed by atoms with van der Waals surface area (Å²) >= 11 is 5.94. The van der Waals surface area contributed by atoms with Crippen molar-refractivity contribution in [2.75, 3.05) is 12.8 Å². The molecular weight excluding hydrogens is 298 g/mol. The minimum atomic E-state index is -3.56. The zero-order chi connectivity index (χ0) is 14.8. The Morgan fingerprint density at radius 1 is 1.20 bits per heavy atom. The van der Waals surface area contributed by atoms with Gasteiger partial charge >= 0.3 is 0 Å². The number of rotatable bonds is 4. The molecule has 2 rings (SSSR count). The van der Waals surface area contributed by atoms with E-state index >= 15 is 0 Å². The Labute approximate surface area is 123 Å². The number of nitrogens with two attached hydrogens (primary N) is 1. The Bertz CT molecular complexity index is 729. The quantitative estimate of drug-likeness (QED) is 0.881. The number of ether oxygens (including phenoxy) is 1. The van der Waals surface area contributed by atoms with Crippen LogP contribution in [0, 0.1) is 0 Å². The van der Waals surface area contributed by atoms with Gasteiger partial charge in [-0.2, -0.15) is 0 Å². The fraction of sp³-hybridized carbons (Fsp3) is 0.143. The lowest BCUT2D eigenvalue weighted by atomic mass is 10.2. The van der Waals surface area contributed by atoms with Crippen LogP contribution in [-0.2, 0) is 15.6 Å². The maximum absolute atomic E-state index is 12.4. The Hall–Kier alpha value is -1.72. The van der Waals surface area contributed by atoms with Gasteiger partial charge < -0.3 is 10.5 Å². The zero-order valence-corrected chi connectivity index (χ0v) is 12.4. The van der Waals surface area contributed by atoms with Crippen LogP contribution in [0.3, 0.4) is 0 Å². The second-order valence-corrected chi connectivity index (χ2v) is 6.63. The van der Waals surface area contributed by atoms with Crippen LogP contribution >= 0.6 is 11.6 Å². The van der Waals surface area contributed by atoms with Crippen LogP contribution in [0.5, 0.6) is 5.75 Å². The molecule has 4 nitrogen and oxygen atoms in total. The Balaban J connectivity index is 2.44. The van der Waals surface area contributed by atoms with Crippen LogP contribution in [0.4, 0.5) is 5.69 Å². The van der Waals surface area contributed by atoms with E-state index in [1.54, 1.807) is 36.4 Å². The van der Waals surface area contributed by atoms with Crippen molar-refractivity contribution in [1.29, 1.82) is 0 Å². The van der Waals surface area contributed by atoms with Crippen LogP contribution in [0.1, 0.15) is 5.56 Å². The Morgan fingerprint density at radius 2 is 1.90 bits per heavy atom. The summed E-state index contributed by atoms with van der Waals surface area (Å²) in [5.74, 6) is 0.264. The average Bonchev–Trinajstić information content (AvgIpc) is 2.39. The van der Waals surface area contributed by atoms with Gasteiger partial charge in [0.1, 0.15) is 5.75 Å². The maximum Gasteiger partial charge on any atom is 0.184 e. The van der Waals surface area contributed by atoms with Gasteiger partial charge in [-0.15, -0.1) is 0 Å². The van der Waals surface area contributed by atoms with E-state index in [9.17, 15) is 8.42 Å². The first-order valence-electron chi connectivity index (χ1n) is 5.84. The molecule has 0 aliphatic carbocycles. The zero-order valence-electron chi connectivity index (χ0n) is 10.8. The van der Waals surface area contributed by atoms with Crippen molar-refractivity contribution in [2.24, 2.45) is 0 Å². The third kappa shape index (κ3) is 3.05. The molecule has 0 saturated carbocycles. The predicted octanol–water partition coefficient (Wildman–Crippen LogP) is 2.90. The fourth-order valence-electron chi connectivity index (χ4n) is 1.89. The standard InChI is InChI=1S/C14H14ClNO3S/c1-19-13-7-6-11(16)8-10(13)9-20(17,18)14-5-3-2-4-12(14)15/h2-8H,9,16H2,1H3. The number of nitrogen functional groups attached to an aromatic ring is 1. The molecule has 0 saturated heterocycles. The van der Waals surface area contributed by atoms with E-state index in [4.69, 9.17) is 22.1 Å². The predicted molar refractivity (Wildman–Crippen MR) is 79.7 cm³/mol. The molecule has 0 unspecified atom stereocenters. The summed E-state index contributed by atoms with van der Waals surface area (Å²) in [6.45, 7) is 0. The summed E-state index contributed by atoms with van der Waals surface area (Å²) < 4.78 is 30.0. The Kier molecular flexibility index (Phi) is 4.20. The van der Waals surface area contributed by atoms with Crippen molar-refractivity contribution in [1.82, 2.24) is 0 Å². The van der Waals surface area contributed by atoms with Gasteiger partial charge in [0.05, 0.1) is 22.8 Å². The highest BCUT2D eigenvalue weighted by Gasteiger charge is 2.20. The molecule has 0 atom stereocenters. The minimum absolute atomic E-state index is 0.103. The van der Waals surface area contributed by atoms with E-state index in [1.807, 2.05) is 0 Å². The number of sulfone groups is 1. The molecule has 0 amide bonds. The lowest BCUT2D eigenvalue weighted by molar-refractivity contribution is 0.411. The third-order valence-corrected chi connectivity index (χ3v) is 4.98. The highest BCUT2D eigenvalue weighted by molar-refractivity contribution is 7.90. The second kappa shape index (κ2) is 5.73. The first kappa shape index (κ1) is 14.7. The highest BCUT2D eigenvalue weighted by Crippen LogP contribution is 2.28. The molecule has 2 aromatic carbocycles. The van der Waals surface area contributed by atoms with Gasteiger partial charge in [-0.1, -0.05) is 23.7 Å². The molecule has 0 radical (unpaired) electrons. The van der Waals surface area contributed by atoms with E-state index < -0.39 is 9.84 Å². The van der Waals surface area contributed by atoms with Crippen LogP contribution in [0.15, 0.2) is 47.4 Å². The van der Waals surface area contributed by atoms with Crippen molar-refractivity contribution in [3.63, 3.8) is 0 Å². The Morgan fingerprint density at radius 3 is 2.55 bits per heavy atom. The van der Waals surface area contributed by atoms with Crippen molar-refractivity contribution in [2.45, 2.75) is 10.6 Å². The smallest absolute Gasteiger partial charge is 0.184 e. The molecule has 6 heteroatoms. The number of benzene rings is 2. The summed E-state index contributed by atoms with van der Waals surface area (Å²) in [5.41, 5.74) is 6.68. The maximum atomic E-state index is 12.4. The summed E-state index contributed by atoms with van der Waals surface area (Å²) in [4.78, 5) is 0.103. The van der Waals surface area contributed by atoms with Crippen molar-refractivity contribution < 1.29 is 13.2 Å². The number of hydrogen-bond acceptors (Lipinski definition) is 4. The van der Waals surface area contributed by atoms with Gasteiger partial charge in [0.15, 0.2) is 9.84 Å². The molecule has 0 heterocycles. The van der Waals surface area contributed by atoms with Crippen molar-refractivity contribution in [3.8, 4) is 5.75 Å². The molecular formula is C14H14ClNO3S. The minimum Gasteiger partial charge on any atom is -0.496 e. The van der Waals surface area contributed by atoms with E-state index in [1.165, 1.54) is 13.2 Å². The third-order valence-electron chi connectivity index (χ3n) is 2.82. The van der Waals surface area contributed by atoms with Gasteiger partial charge in [0.2, 0.25) is 0 Å². The number of hydrogen-bond donors (Lipinski definition) is 1. The van der Waals surface area contributed by atoms with Crippen LogP contribution < -0.4 is 10.5 Å². The normalized spacial score (nSPS) is 11.3. The molecule has 106 valence electrons. The second-order valence-electron chi connectivity index (χ2n) is 4.26. The molecule has 0 aliphatic heterocycles.